The van der Waals surface area contributed by atoms with Gasteiger partial charge >= 0.3 is 0 Å². The van der Waals surface area contributed by atoms with E-state index in [1.807, 2.05) is 13.0 Å². The van der Waals surface area contributed by atoms with Crippen LogP contribution in [0.4, 0.5) is 0 Å². The molecule has 0 saturated heterocycles. The molecule has 0 aliphatic rings. The van der Waals surface area contributed by atoms with Gasteiger partial charge in [-0.3, -0.25) is 4.79 Å². The number of hydrogen-bond acceptors (Lipinski definition) is 2. The van der Waals surface area contributed by atoms with Crippen molar-refractivity contribution in [3.05, 3.63) is 23.7 Å². The molecule has 0 radical (unpaired) electrons. The molecule has 0 atom stereocenters. The predicted octanol–water partition coefficient (Wildman–Crippen LogP) is 8.03. The maximum Gasteiger partial charge on any atom is 0.197 e. The smallest absolute Gasteiger partial charge is 0.197 e. The van der Waals surface area contributed by atoms with Gasteiger partial charge in [0.25, 0.3) is 0 Å². The lowest BCUT2D eigenvalue weighted by molar-refractivity contribution is 0.0951. The third-order valence-electron chi connectivity index (χ3n) is 5.02. The summed E-state index contributed by atoms with van der Waals surface area (Å²) in [5, 5.41) is 0. The quantitative estimate of drug-likeness (QED) is 0.211. The fraction of sp³-hybridized carbons (Fsp3) is 0.783. The van der Waals surface area contributed by atoms with E-state index >= 15 is 0 Å². The Kier molecular flexibility index (Phi) is 13.4. The lowest BCUT2D eigenvalue weighted by Gasteiger charge is -2.03. The third kappa shape index (κ3) is 12.0. The first-order chi connectivity index (χ1) is 12.2. The highest BCUT2D eigenvalue weighted by atomic mass is 16.3. The van der Waals surface area contributed by atoms with Crippen LogP contribution in [0.15, 0.2) is 16.5 Å². The van der Waals surface area contributed by atoms with Crippen LogP contribution in [-0.4, -0.2) is 5.78 Å². The van der Waals surface area contributed by atoms with E-state index in [1.54, 1.807) is 6.07 Å². The predicted molar refractivity (Wildman–Crippen MR) is 107 cm³/mol. The molecule has 1 heterocycles. The summed E-state index contributed by atoms with van der Waals surface area (Å²) in [4.78, 5) is 11.9. The van der Waals surface area contributed by atoms with E-state index in [0.29, 0.717) is 12.2 Å². The van der Waals surface area contributed by atoms with Crippen LogP contribution in [0.2, 0.25) is 0 Å². The number of unbranched alkanes of at least 4 members (excludes halogenated alkanes) is 14. The molecule has 0 spiro atoms. The van der Waals surface area contributed by atoms with Crippen molar-refractivity contribution in [1.82, 2.24) is 0 Å². The largest absolute Gasteiger partial charge is 0.458 e. The Hall–Kier alpha value is -1.05. The summed E-state index contributed by atoms with van der Waals surface area (Å²) in [7, 11) is 0. The van der Waals surface area contributed by atoms with Gasteiger partial charge in [0.15, 0.2) is 11.5 Å². The van der Waals surface area contributed by atoms with Gasteiger partial charge in [-0.05, 0) is 25.5 Å². The van der Waals surface area contributed by atoms with Crippen molar-refractivity contribution in [1.29, 1.82) is 0 Å². The molecule has 1 rings (SSSR count). The summed E-state index contributed by atoms with van der Waals surface area (Å²) in [6, 6.07) is 3.66. The Morgan fingerprint density at radius 1 is 0.720 bits per heavy atom. The van der Waals surface area contributed by atoms with E-state index in [4.69, 9.17) is 4.42 Å². The molecule has 2 nitrogen and oxygen atoms in total. The minimum absolute atomic E-state index is 0.155. The Morgan fingerprint density at radius 2 is 1.16 bits per heavy atom. The maximum absolute atomic E-state index is 11.9. The molecular weight excluding hydrogens is 308 g/mol. The van der Waals surface area contributed by atoms with E-state index in [1.165, 1.54) is 89.9 Å². The van der Waals surface area contributed by atoms with Crippen LogP contribution < -0.4 is 0 Å². The van der Waals surface area contributed by atoms with Crippen molar-refractivity contribution in [2.45, 2.75) is 117 Å². The number of hydrogen-bond donors (Lipinski definition) is 0. The fourth-order valence-corrected chi connectivity index (χ4v) is 3.36. The fourth-order valence-electron chi connectivity index (χ4n) is 3.36. The van der Waals surface area contributed by atoms with Crippen LogP contribution in [0.5, 0.6) is 0 Å². The Bertz CT molecular complexity index is 433. The number of furan rings is 1. The van der Waals surface area contributed by atoms with Gasteiger partial charge in [-0.25, -0.2) is 0 Å². The zero-order valence-electron chi connectivity index (χ0n) is 16.8. The SMILES string of the molecule is CCCCCCCCCCCCCCCCCC(=O)c1ccc(C)o1. The normalized spacial score (nSPS) is 11.1. The van der Waals surface area contributed by atoms with E-state index in [-0.39, 0.29) is 5.78 Å². The first-order valence-electron chi connectivity index (χ1n) is 10.8. The zero-order valence-corrected chi connectivity index (χ0v) is 16.8. The molecule has 0 saturated carbocycles. The van der Waals surface area contributed by atoms with Gasteiger partial charge in [0.1, 0.15) is 5.76 Å². The van der Waals surface area contributed by atoms with Crippen molar-refractivity contribution >= 4 is 5.78 Å². The molecule has 25 heavy (non-hydrogen) atoms. The Labute approximate surface area is 155 Å². The zero-order chi connectivity index (χ0) is 18.2. The van der Waals surface area contributed by atoms with Crippen LogP contribution in [0.25, 0.3) is 0 Å². The van der Waals surface area contributed by atoms with Crippen LogP contribution in [0.3, 0.4) is 0 Å². The number of carbonyl (C=O) groups excluding carboxylic acids is 1. The number of aryl methyl sites for hydroxylation is 1. The first-order valence-corrected chi connectivity index (χ1v) is 10.8. The summed E-state index contributed by atoms with van der Waals surface area (Å²) >= 11 is 0. The van der Waals surface area contributed by atoms with Crippen molar-refractivity contribution in [2.75, 3.05) is 0 Å². The average molecular weight is 349 g/mol. The molecule has 1 aromatic rings. The molecule has 0 N–H and O–H groups in total. The summed E-state index contributed by atoms with van der Waals surface area (Å²) in [6.07, 6.45) is 20.9. The summed E-state index contributed by atoms with van der Waals surface area (Å²) < 4.78 is 5.37. The number of rotatable bonds is 17. The molecule has 2 heteroatoms. The molecule has 0 aliphatic heterocycles. The molecule has 1 aromatic heterocycles. The van der Waals surface area contributed by atoms with Crippen LogP contribution in [0, 0.1) is 6.92 Å². The van der Waals surface area contributed by atoms with Crippen molar-refractivity contribution in [2.24, 2.45) is 0 Å². The van der Waals surface area contributed by atoms with Crippen LogP contribution >= 0.6 is 0 Å². The van der Waals surface area contributed by atoms with Crippen molar-refractivity contribution < 1.29 is 9.21 Å². The summed E-state index contributed by atoms with van der Waals surface area (Å²) in [6.45, 7) is 4.16. The van der Waals surface area contributed by atoms with Gasteiger partial charge < -0.3 is 4.42 Å². The number of ketones is 1. The van der Waals surface area contributed by atoms with E-state index < -0.39 is 0 Å². The second-order valence-electron chi connectivity index (χ2n) is 7.53. The van der Waals surface area contributed by atoms with E-state index in [0.717, 1.165) is 12.2 Å². The highest BCUT2D eigenvalue weighted by Crippen LogP contribution is 2.15. The molecule has 0 aliphatic carbocycles. The molecule has 0 unspecified atom stereocenters. The topological polar surface area (TPSA) is 30.2 Å². The average Bonchev–Trinajstić information content (AvgIpc) is 3.04. The molecule has 0 bridgehead atoms. The van der Waals surface area contributed by atoms with Crippen LogP contribution in [0.1, 0.15) is 126 Å². The second kappa shape index (κ2) is 15.2. The van der Waals surface area contributed by atoms with Gasteiger partial charge in [0.2, 0.25) is 0 Å². The van der Waals surface area contributed by atoms with Crippen LogP contribution in [-0.2, 0) is 0 Å². The van der Waals surface area contributed by atoms with Crippen molar-refractivity contribution in [3.8, 4) is 0 Å². The highest BCUT2D eigenvalue weighted by Gasteiger charge is 2.09. The highest BCUT2D eigenvalue weighted by molar-refractivity contribution is 5.93. The van der Waals surface area contributed by atoms with E-state index in [9.17, 15) is 4.79 Å². The van der Waals surface area contributed by atoms with Gasteiger partial charge in [-0.15, -0.1) is 0 Å². The second-order valence-corrected chi connectivity index (χ2v) is 7.53. The molecule has 0 fully saturated rings. The number of carbonyl (C=O) groups is 1. The Morgan fingerprint density at radius 3 is 1.56 bits per heavy atom. The van der Waals surface area contributed by atoms with Gasteiger partial charge in [-0.2, -0.15) is 0 Å². The van der Waals surface area contributed by atoms with Gasteiger partial charge in [0.05, 0.1) is 0 Å². The van der Waals surface area contributed by atoms with Gasteiger partial charge in [0, 0.05) is 6.42 Å². The lowest BCUT2D eigenvalue weighted by Crippen LogP contribution is -1.96. The molecular formula is C23H40O2. The standard InChI is InChI=1S/C23H40O2/c1-3-4-5-6-7-8-9-10-11-12-13-14-15-16-17-18-22(24)23-20-19-21(2)25-23/h19-20H,3-18H2,1-2H3. The monoisotopic (exact) mass is 348 g/mol. The molecule has 0 aromatic carbocycles. The maximum atomic E-state index is 11.9. The first kappa shape index (κ1) is 22.0. The molecule has 144 valence electrons. The summed E-state index contributed by atoms with van der Waals surface area (Å²) in [5.41, 5.74) is 0. The molecule has 0 amide bonds. The lowest BCUT2D eigenvalue weighted by atomic mass is 10.0. The number of Topliss-reactive ketones (excluding diaryl/α,β-unsaturated/α-hetero) is 1. The van der Waals surface area contributed by atoms with Gasteiger partial charge in [-0.1, -0.05) is 96.8 Å². The van der Waals surface area contributed by atoms with Crippen molar-refractivity contribution in [3.63, 3.8) is 0 Å². The third-order valence-corrected chi connectivity index (χ3v) is 5.02. The minimum atomic E-state index is 0.155. The van der Waals surface area contributed by atoms with E-state index in [2.05, 4.69) is 6.92 Å². The Balaban J connectivity index is 1.78. The minimum Gasteiger partial charge on any atom is -0.458 e. The summed E-state index contributed by atoms with van der Waals surface area (Å²) in [5.74, 6) is 1.51.